The zero-order valence-corrected chi connectivity index (χ0v) is 14.5. The van der Waals surface area contributed by atoms with Gasteiger partial charge in [-0.25, -0.2) is 5.43 Å². The summed E-state index contributed by atoms with van der Waals surface area (Å²) in [4.78, 5) is 12.1. The van der Waals surface area contributed by atoms with Gasteiger partial charge < -0.3 is 14.6 Å². The van der Waals surface area contributed by atoms with Gasteiger partial charge in [0.2, 0.25) is 6.10 Å². The van der Waals surface area contributed by atoms with E-state index in [4.69, 9.17) is 21.1 Å². The number of hydrogen-bond donors (Lipinski definition) is 2. The van der Waals surface area contributed by atoms with Crippen LogP contribution >= 0.6 is 27.5 Å². The van der Waals surface area contributed by atoms with Crippen molar-refractivity contribution in [3.8, 4) is 17.2 Å². The molecule has 0 spiro atoms. The molecule has 0 aromatic heterocycles. The summed E-state index contributed by atoms with van der Waals surface area (Å²) in [5, 5.41) is 13.8. The first-order valence-electron chi connectivity index (χ1n) is 6.94. The van der Waals surface area contributed by atoms with E-state index in [-0.39, 0.29) is 17.4 Å². The van der Waals surface area contributed by atoms with Crippen LogP contribution in [0.5, 0.6) is 17.2 Å². The predicted octanol–water partition coefficient (Wildman–Crippen LogP) is 3.10. The van der Waals surface area contributed by atoms with Crippen molar-refractivity contribution < 1.29 is 19.4 Å². The van der Waals surface area contributed by atoms with Gasteiger partial charge in [-0.2, -0.15) is 5.10 Å². The Labute approximate surface area is 151 Å². The fourth-order valence-corrected chi connectivity index (χ4v) is 2.90. The summed E-state index contributed by atoms with van der Waals surface area (Å²) in [6.45, 7) is 0.0896. The van der Waals surface area contributed by atoms with Crippen molar-refractivity contribution in [2.24, 2.45) is 5.10 Å². The average Bonchev–Trinajstić information content (AvgIpc) is 2.58. The van der Waals surface area contributed by atoms with Gasteiger partial charge in [0, 0.05) is 10.0 Å². The Hall–Kier alpha value is -2.25. The molecule has 8 heteroatoms. The van der Waals surface area contributed by atoms with Gasteiger partial charge in [0.25, 0.3) is 5.91 Å². The van der Waals surface area contributed by atoms with Crippen molar-refractivity contribution in [2.45, 2.75) is 6.10 Å². The Balaban J connectivity index is 1.64. The third kappa shape index (κ3) is 3.63. The lowest BCUT2D eigenvalue weighted by molar-refractivity contribution is -0.130. The van der Waals surface area contributed by atoms with E-state index in [0.29, 0.717) is 21.5 Å². The zero-order valence-electron chi connectivity index (χ0n) is 12.2. The van der Waals surface area contributed by atoms with Crippen LogP contribution in [0.2, 0.25) is 5.02 Å². The lowest BCUT2D eigenvalue weighted by atomic mass is 10.2. The third-order valence-corrected chi connectivity index (χ3v) is 3.98. The first-order chi connectivity index (χ1) is 11.5. The van der Waals surface area contributed by atoms with Gasteiger partial charge in [-0.3, -0.25) is 4.79 Å². The summed E-state index contributed by atoms with van der Waals surface area (Å²) in [6.07, 6.45) is 0.485. The van der Waals surface area contributed by atoms with E-state index in [1.807, 2.05) is 6.07 Å². The van der Waals surface area contributed by atoms with E-state index >= 15 is 0 Å². The Morgan fingerprint density at radius 2 is 2.12 bits per heavy atom. The van der Waals surface area contributed by atoms with Crippen molar-refractivity contribution in [1.29, 1.82) is 0 Å². The highest BCUT2D eigenvalue weighted by Gasteiger charge is 2.27. The number of amides is 1. The Bertz CT molecular complexity index is 813. The molecule has 0 unspecified atom stereocenters. The molecule has 1 amide bonds. The minimum absolute atomic E-state index is 0.0896. The molecule has 0 fully saturated rings. The van der Waals surface area contributed by atoms with E-state index in [2.05, 4.69) is 26.5 Å². The number of para-hydroxylation sites is 2. The number of carbonyl (C=O) groups excluding carboxylic acids is 1. The molecule has 1 heterocycles. The van der Waals surface area contributed by atoms with Crippen molar-refractivity contribution in [3.63, 3.8) is 0 Å². The van der Waals surface area contributed by atoms with Gasteiger partial charge >= 0.3 is 0 Å². The number of rotatable bonds is 3. The summed E-state index contributed by atoms with van der Waals surface area (Å²) >= 11 is 9.13. The highest BCUT2D eigenvalue weighted by atomic mass is 79.9. The molecule has 0 bridgehead atoms. The quantitative estimate of drug-likeness (QED) is 0.601. The summed E-state index contributed by atoms with van der Waals surface area (Å²) in [5.41, 5.74) is 2.72. The molecule has 0 saturated heterocycles. The number of carbonyl (C=O) groups is 1. The molecule has 6 nitrogen and oxygen atoms in total. The molecule has 3 rings (SSSR count). The van der Waals surface area contributed by atoms with E-state index in [0.717, 1.165) is 0 Å². The number of ether oxygens (including phenoxy) is 2. The number of halogens is 2. The van der Waals surface area contributed by atoms with Crippen molar-refractivity contribution in [2.75, 3.05) is 6.61 Å². The van der Waals surface area contributed by atoms with Crippen LogP contribution in [0.4, 0.5) is 0 Å². The first kappa shape index (κ1) is 16.6. The van der Waals surface area contributed by atoms with Crippen LogP contribution in [0.25, 0.3) is 0 Å². The Morgan fingerprint density at radius 1 is 1.38 bits per heavy atom. The van der Waals surface area contributed by atoms with E-state index in [1.54, 1.807) is 30.3 Å². The maximum Gasteiger partial charge on any atom is 0.284 e. The lowest BCUT2D eigenvalue weighted by Gasteiger charge is -2.24. The summed E-state index contributed by atoms with van der Waals surface area (Å²) in [5.74, 6) is 0.522. The second-order valence-corrected chi connectivity index (χ2v) is 6.25. The second-order valence-electron chi connectivity index (χ2n) is 4.92. The summed E-state index contributed by atoms with van der Waals surface area (Å²) in [7, 11) is 0. The van der Waals surface area contributed by atoms with Gasteiger partial charge in [-0.1, -0.05) is 39.7 Å². The van der Waals surface area contributed by atoms with Crippen molar-refractivity contribution in [3.05, 3.63) is 51.5 Å². The molecule has 0 aliphatic carbocycles. The number of nitrogens with zero attached hydrogens (tertiary/aromatic N) is 1. The van der Waals surface area contributed by atoms with Crippen LogP contribution < -0.4 is 14.9 Å². The number of hydrazone groups is 1. The molecule has 0 radical (unpaired) electrons. The number of fused-ring (bicyclic) bond motifs is 1. The number of nitrogens with one attached hydrogen (secondary N) is 1. The topological polar surface area (TPSA) is 80.2 Å². The number of phenolic OH excluding ortho intramolecular Hbond substituents is 1. The molecule has 1 aliphatic rings. The predicted molar refractivity (Wildman–Crippen MR) is 92.9 cm³/mol. The third-order valence-electron chi connectivity index (χ3n) is 3.24. The van der Waals surface area contributed by atoms with E-state index < -0.39 is 12.0 Å². The number of aromatic hydroxyl groups is 1. The highest BCUT2D eigenvalue weighted by molar-refractivity contribution is 9.10. The normalized spacial score (nSPS) is 16.2. The average molecular weight is 412 g/mol. The molecule has 2 aromatic rings. The van der Waals surface area contributed by atoms with E-state index in [9.17, 15) is 9.90 Å². The molecule has 2 aromatic carbocycles. The smallest absolute Gasteiger partial charge is 0.284 e. The Kier molecular flexibility index (Phi) is 4.92. The minimum atomic E-state index is -0.809. The van der Waals surface area contributed by atoms with Crippen LogP contribution in [0.15, 0.2) is 46.0 Å². The zero-order chi connectivity index (χ0) is 17.1. The van der Waals surface area contributed by atoms with Gasteiger partial charge in [0.05, 0.1) is 11.2 Å². The van der Waals surface area contributed by atoms with Gasteiger partial charge in [0.1, 0.15) is 12.4 Å². The molecular formula is C16H12BrClN2O4. The first-order valence-corrected chi connectivity index (χ1v) is 8.11. The summed E-state index contributed by atoms with van der Waals surface area (Å²) < 4.78 is 11.7. The molecular weight excluding hydrogens is 400 g/mol. The molecule has 2 N–H and O–H groups in total. The SMILES string of the molecule is O=C(N/N=C/c1cc(Br)cc(Cl)c1O)[C@@H]1COc2ccccc2O1. The van der Waals surface area contributed by atoms with Gasteiger partial charge in [0.15, 0.2) is 11.5 Å². The number of phenols is 1. The van der Waals surface area contributed by atoms with Crippen LogP contribution in [0.1, 0.15) is 5.56 Å². The highest BCUT2D eigenvalue weighted by Crippen LogP contribution is 2.31. The molecule has 1 atom stereocenters. The maximum atomic E-state index is 12.1. The Morgan fingerprint density at radius 3 is 2.92 bits per heavy atom. The van der Waals surface area contributed by atoms with Crippen LogP contribution in [-0.2, 0) is 4.79 Å². The molecule has 24 heavy (non-hydrogen) atoms. The second kappa shape index (κ2) is 7.11. The van der Waals surface area contributed by atoms with E-state index in [1.165, 1.54) is 6.21 Å². The fourth-order valence-electron chi connectivity index (χ4n) is 2.07. The van der Waals surface area contributed by atoms with Gasteiger partial charge in [-0.05, 0) is 24.3 Å². The minimum Gasteiger partial charge on any atom is -0.506 e. The van der Waals surface area contributed by atoms with Crippen LogP contribution in [0.3, 0.4) is 0 Å². The van der Waals surface area contributed by atoms with Gasteiger partial charge in [-0.15, -0.1) is 0 Å². The molecule has 0 saturated carbocycles. The lowest BCUT2D eigenvalue weighted by Crippen LogP contribution is -2.42. The standard InChI is InChI=1S/C16H12BrClN2O4/c17-10-5-9(15(21)11(18)6-10)7-19-20-16(22)14-8-23-12-3-1-2-4-13(12)24-14/h1-7,14,21H,8H2,(H,20,22)/b19-7+/t14-/m0/s1. The van der Waals surface area contributed by atoms with Crippen molar-refractivity contribution in [1.82, 2.24) is 5.43 Å². The summed E-state index contributed by atoms with van der Waals surface area (Å²) in [6, 6.07) is 10.3. The molecule has 1 aliphatic heterocycles. The fraction of sp³-hybridized carbons (Fsp3) is 0.125. The monoisotopic (exact) mass is 410 g/mol. The number of benzene rings is 2. The number of hydrogen-bond acceptors (Lipinski definition) is 5. The van der Waals surface area contributed by atoms with Crippen LogP contribution in [-0.4, -0.2) is 29.9 Å². The molecule has 124 valence electrons. The van der Waals surface area contributed by atoms with Crippen molar-refractivity contribution >= 4 is 39.7 Å². The largest absolute Gasteiger partial charge is 0.506 e. The maximum absolute atomic E-state index is 12.1. The van der Waals surface area contributed by atoms with Crippen LogP contribution in [0, 0.1) is 0 Å².